The Labute approximate surface area is 123 Å². The first-order chi connectivity index (χ1) is 9.47. The Bertz CT molecular complexity index is 490. The smallest absolute Gasteiger partial charge is 0.243 e. The van der Waals surface area contributed by atoms with Gasteiger partial charge in [-0.25, -0.2) is 0 Å². The molecular formula is C14H18ClNO4. The minimum Gasteiger partial charge on any atom is -0.493 e. The standard InChI is InChI=1S/C14H18ClNO4/c1-9(14(15)18)16-13(17)7-5-10-4-6-11(19-2)12(8-10)20-3/h4,6,8-9H,5,7H2,1-3H3,(H,16,17). The van der Waals surface area contributed by atoms with Crippen LogP contribution in [0.2, 0.25) is 0 Å². The Kier molecular flexibility index (Phi) is 6.31. The number of methoxy groups -OCH3 is 2. The minimum absolute atomic E-state index is 0.221. The van der Waals surface area contributed by atoms with Gasteiger partial charge in [-0.15, -0.1) is 0 Å². The molecule has 0 aromatic heterocycles. The molecular weight excluding hydrogens is 282 g/mol. The molecule has 0 heterocycles. The van der Waals surface area contributed by atoms with E-state index in [-0.39, 0.29) is 12.3 Å². The molecule has 1 N–H and O–H groups in total. The van der Waals surface area contributed by atoms with Gasteiger partial charge in [0, 0.05) is 6.42 Å². The van der Waals surface area contributed by atoms with E-state index in [1.165, 1.54) is 0 Å². The van der Waals surface area contributed by atoms with Crippen LogP contribution in [-0.4, -0.2) is 31.4 Å². The lowest BCUT2D eigenvalue weighted by molar-refractivity contribution is -0.124. The van der Waals surface area contributed by atoms with Crippen LogP contribution in [0.1, 0.15) is 18.9 Å². The van der Waals surface area contributed by atoms with E-state index in [0.29, 0.717) is 17.9 Å². The molecule has 0 bridgehead atoms. The van der Waals surface area contributed by atoms with Crippen molar-refractivity contribution in [3.8, 4) is 11.5 Å². The zero-order valence-electron chi connectivity index (χ0n) is 11.7. The number of amides is 1. The van der Waals surface area contributed by atoms with E-state index in [9.17, 15) is 9.59 Å². The van der Waals surface area contributed by atoms with Gasteiger partial charge in [0.1, 0.15) is 6.04 Å². The van der Waals surface area contributed by atoms with Gasteiger partial charge in [0.2, 0.25) is 11.1 Å². The molecule has 0 radical (unpaired) electrons. The Morgan fingerprint density at radius 2 is 1.90 bits per heavy atom. The van der Waals surface area contributed by atoms with Gasteiger partial charge >= 0.3 is 0 Å². The second-order valence-corrected chi connectivity index (χ2v) is 4.66. The average molecular weight is 300 g/mol. The van der Waals surface area contributed by atoms with Crippen molar-refractivity contribution in [3.05, 3.63) is 23.8 Å². The molecule has 6 heteroatoms. The molecule has 1 amide bonds. The fourth-order valence-corrected chi connectivity index (χ4v) is 1.72. The average Bonchev–Trinajstić information content (AvgIpc) is 2.44. The van der Waals surface area contributed by atoms with Crippen LogP contribution < -0.4 is 14.8 Å². The summed E-state index contributed by atoms with van der Waals surface area (Å²) < 4.78 is 10.3. The summed E-state index contributed by atoms with van der Waals surface area (Å²) in [5.41, 5.74) is 0.947. The summed E-state index contributed by atoms with van der Waals surface area (Å²) in [6.45, 7) is 1.55. The molecule has 1 rings (SSSR count). The van der Waals surface area contributed by atoms with Crippen molar-refractivity contribution >= 4 is 22.8 Å². The summed E-state index contributed by atoms with van der Waals surface area (Å²) in [6, 6.07) is 4.80. The lowest BCUT2D eigenvalue weighted by atomic mass is 10.1. The van der Waals surface area contributed by atoms with Gasteiger partial charge in [-0.05, 0) is 42.6 Å². The van der Waals surface area contributed by atoms with E-state index in [1.54, 1.807) is 27.2 Å². The lowest BCUT2D eigenvalue weighted by Gasteiger charge is -2.11. The number of carbonyl (C=O) groups excluding carboxylic acids is 2. The van der Waals surface area contributed by atoms with Crippen LogP contribution in [0.3, 0.4) is 0 Å². The van der Waals surface area contributed by atoms with Gasteiger partial charge in [0.25, 0.3) is 0 Å². The maximum Gasteiger partial charge on any atom is 0.243 e. The van der Waals surface area contributed by atoms with Crippen molar-refractivity contribution in [2.75, 3.05) is 14.2 Å². The third-order valence-electron chi connectivity index (χ3n) is 2.81. The van der Waals surface area contributed by atoms with E-state index < -0.39 is 11.3 Å². The molecule has 1 unspecified atom stereocenters. The molecule has 0 spiro atoms. The van der Waals surface area contributed by atoms with Gasteiger partial charge < -0.3 is 14.8 Å². The zero-order chi connectivity index (χ0) is 15.1. The topological polar surface area (TPSA) is 64.6 Å². The molecule has 5 nitrogen and oxygen atoms in total. The highest BCUT2D eigenvalue weighted by Crippen LogP contribution is 2.27. The monoisotopic (exact) mass is 299 g/mol. The van der Waals surface area contributed by atoms with Crippen LogP contribution in [0.4, 0.5) is 0 Å². The van der Waals surface area contributed by atoms with Crippen molar-refractivity contribution in [1.82, 2.24) is 5.32 Å². The maximum absolute atomic E-state index is 11.6. The van der Waals surface area contributed by atoms with Crippen molar-refractivity contribution < 1.29 is 19.1 Å². The molecule has 1 atom stereocenters. The number of ether oxygens (including phenoxy) is 2. The highest BCUT2D eigenvalue weighted by atomic mass is 35.5. The predicted molar refractivity (Wildman–Crippen MR) is 76.3 cm³/mol. The Balaban J connectivity index is 2.57. The van der Waals surface area contributed by atoms with Crippen molar-refractivity contribution in [1.29, 1.82) is 0 Å². The van der Waals surface area contributed by atoms with Gasteiger partial charge in [-0.2, -0.15) is 0 Å². The summed E-state index contributed by atoms with van der Waals surface area (Å²) in [7, 11) is 3.12. The molecule has 0 fully saturated rings. The molecule has 20 heavy (non-hydrogen) atoms. The fourth-order valence-electron chi connectivity index (χ4n) is 1.66. The summed E-state index contributed by atoms with van der Waals surface area (Å²) in [4.78, 5) is 22.5. The van der Waals surface area contributed by atoms with E-state index in [0.717, 1.165) is 5.56 Å². The number of hydrogen-bond acceptors (Lipinski definition) is 4. The number of benzene rings is 1. The number of halogens is 1. The minimum atomic E-state index is -0.672. The van der Waals surface area contributed by atoms with Crippen LogP contribution in [0.15, 0.2) is 18.2 Å². The number of hydrogen-bond donors (Lipinski definition) is 1. The summed E-state index contributed by atoms with van der Waals surface area (Å²) in [5.74, 6) is 1.04. The largest absolute Gasteiger partial charge is 0.493 e. The van der Waals surface area contributed by atoms with Crippen LogP contribution in [0, 0.1) is 0 Å². The van der Waals surface area contributed by atoms with Crippen molar-refractivity contribution in [2.24, 2.45) is 0 Å². The summed E-state index contributed by atoms with van der Waals surface area (Å²) in [5, 5.41) is 1.95. The molecule has 0 aliphatic heterocycles. The molecule has 0 saturated carbocycles. The van der Waals surface area contributed by atoms with Crippen molar-refractivity contribution in [2.45, 2.75) is 25.8 Å². The SMILES string of the molecule is COc1ccc(CCC(=O)NC(C)C(=O)Cl)cc1OC. The van der Waals surface area contributed by atoms with Crippen LogP contribution >= 0.6 is 11.6 Å². The molecule has 1 aromatic rings. The fraction of sp³-hybridized carbons (Fsp3) is 0.429. The molecule has 0 aliphatic rings. The number of carbonyl (C=O) groups is 2. The molecule has 0 saturated heterocycles. The van der Waals surface area contributed by atoms with Gasteiger partial charge in [-0.3, -0.25) is 9.59 Å². The number of aryl methyl sites for hydroxylation is 1. The van der Waals surface area contributed by atoms with Crippen LogP contribution in [0.5, 0.6) is 11.5 Å². The summed E-state index contributed by atoms with van der Waals surface area (Å²) in [6.07, 6.45) is 0.805. The van der Waals surface area contributed by atoms with E-state index >= 15 is 0 Å². The first kappa shape index (κ1) is 16.3. The lowest BCUT2D eigenvalue weighted by Crippen LogP contribution is -2.36. The van der Waals surface area contributed by atoms with Crippen molar-refractivity contribution in [3.63, 3.8) is 0 Å². The maximum atomic E-state index is 11.6. The van der Waals surface area contributed by atoms with Gasteiger partial charge in [-0.1, -0.05) is 6.07 Å². The normalized spacial score (nSPS) is 11.6. The van der Waals surface area contributed by atoms with E-state index in [2.05, 4.69) is 5.32 Å². The van der Waals surface area contributed by atoms with E-state index in [1.807, 2.05) is 12.1 Å². The molecule has 110 valence electrons. The third kappa shape index (κ3) is 4.74. The quantitative estimate of drug-likeness (QED) is 0.781. The van der Waals surface area contributed by atoms with E-state index in [4.69, 9.17) is 21.1 Å². The molecule has 1 aromatic carbocycles. The molecule has 0 aliphatic carbocycles. The number of nitrogens with one attached hydrogen (secondary N) is 1. The third-order valence-corrected chi connectivity index (χ3v) is 3.13. The highest BCUT2D eigenvalue weighted by Gasteiger charge is 2.13. The summed E-state index contributed by atoms with van der Waals surface area (Å²) >= 11 is 5.28. The second kappa shape index (κ2) is 7.75. The highest BCUT2D eigenvalue weighted by molar-refractivity contribution is 6.64. The number of rotatable bonds is 7. The van der Waals surface area contributed by atoms with Gasteiger partial charge in [0.05, 0.1) is 14.2 Å². The second-order valence-electron chi connectivity index (χ2n) is 4.28. The zero-order valence-corrected chi connectivity index (χ0v) is 12.5. The Morgan fingerprint density at radius 3 is 2.45 bits per heavy atom. The van der Waals surface area contributed by atoms with Crippen LogP contribution in [0.25, 0.3) is 0 Å². The first-order valence-corrected chi connectivity index (χ1v) is 6.55. The van der Waals surface area contributed by atoms with Crippen LogP contribution in [-0.2, 0) is 16.0 Å². The Hall–Kier alpha value is -1.75. The Morgan fingerprint density at radius 1 is 1.25 bits per heavy atom. The van der Waals surface area contributed by atoms with Gasteiger partial charge in [0.15, 0.2) is 11.5 Å². The first-order valence-electron chi connectivity index (χ1n) is 6.17. The predicted octanol–water partition coefficient (Wildman–Crippen LogP) is 1.91.